The summed E-state index contributed by atoms with van der Waals surface area (Å²) in [6.45, 7) is 1.30. The first-order chi connectivity index (χ1) is 14.1. The van der Waals surface area contributed by atoms with Crippen LogP contribution in [0.25, 0.3) is 10.9 Å². The van der Waals surface area contributed by atoms with Gasteiger partial charge in [-0.3, -0.25) is 9.59 Å². The van der Waals surface area contributed by atoms with E-state index in [9.17, 15) is 9.59 Å². The van der Waals surface area contributed by atoms with Crippen LogP contribution in [-0.4, -0.2) is 40.4 Å². The standard InChI is InChI=1S/C24H31N3O2/c1-26-13-18(20-10-2-3-11-21(20)26)12-22(28)27-14-19(15-27)25-24(29)23(16-6-4-7-16)17-8-5-9-17/h2-3,10-11,13,16-17,19,23H,4-9,12,14-15H2,1H3,(H,25,29). The molecule has 2 saturated carbocycles. The van der Waals surface area contributed by atoms with Crippen molar-refractivity contribution < 1.29 is 9.59 Å². The first kappa shape index (κ1) is 18.7. The number of amides is 2. The molecular weight excluding hydrogens is 362 g/mol. The van der Waals surface area contributed by atoms with Crippen molar-refractivity contribution in [3.63, 3.8) is 0 Å². The van der Waals surface area contributed by atoms with E-state index in [0.29, 0.717) is 31.3 Å². The number of likely N-dealkylation sites (tertiary alicyclic amines) is 1. The Morgan fingerprint density at radius 1 is 1.07 bits per heavy atom. The normalized spacial score (nSPS) is 20.4. The lowest BCUT2D eigenvalue weighted by atomic mass is 9.64. The molecule has 5 nitrogen and oxygen atoms in total. The maximum Gasteiger partial charge on any atom is 0.227 e. The Morgan fingerprint density at radius 3 is 2.34 bits per heavy atom. The lowest BCUT2D eigenvalue weighted by Crippen LogP contribution is -2.62. The van der Waals surface area contributed by atoms with Crippen LogP contribution in [0.5, 0.6) is 0 Å². The van der Waals surface area contributed by atoms with Crippen LogP contribution in [0.15, 0.2) is 30.5 Å². The summed E-state index contributed by atoms with van der Waals surface area (Å²) in [5.41, 5.74) is 2.23. The number of fused-ring (bicyclic) bond motifs is 1. The van der Waals surface area contributed by atoms with Gasteiger partial charge in [0.1, 0.15) is 0 Å². The smallest absolute Gasteiger partial charge is 0.227 e. The molecule has 3 aliphatic rings. The van der Waals surface area contributed by atoms with Gasteiger partial charge in [0.05, 0.1) is 12.5 Å². The molecule has 154 valence electrons. The molecule has 3 fully saturated rings. The number of aryl methyl sites for hydroxylation is 1. The molecule has 0 spiro atoms. The quantitative estimate of drug-likeness (QED) is 0.819. The van der Waals surface area contributed by atoms with E-state index < -0.39 is 0 Å². The van der Waals surface area contributed by atoms with Gasteiger partial charge in [-0.1, -0.05) is 31.0 Å². The van der Waals surface area contributed by atoms with Gasteiger partial charge in [-0.05, 0) is 49.1 Å². The van der Waals surface area contributed by atoms with Crippen molar-refractivity contribution in [2.24, 2.45) is 24.8 Å². The second-order valence-corrected chi connectivity index (χ2v) is 9.37. The van der Waals surface area contributed by atoms with Crippen LogP contribution >= 0.6 is 0 Å². The van der Waals surface area contributed by atoms with Crippen LogP contribution in [0.1, 0.15) is 44.1 Å². The van der Waals surface area contributed by atoms with Crippen molar-refractivity contribution in [3.05, 3.63) is 36.0 Å². The number of aromatic nitrogens is 1. The molecule has 5 rings (SSSR count). The minimum atomic E-state index is 0.127. The van der Waals surface area contributed by atoms with Crippen LogP contribution < -0.4 is 5.32 Å². The summed E-state index contributed by atoms with van der Waals surface area (Å²) >= 11 is 0. The molecule has 1 aliphatic heterocycles. The number of nitrogens with one attached hydrogen (secondary N) is 1. The first-order valence-corrected chi connectivity index (χ1v) is 11.2. The van der Waals surface area contributed by atoms with Gasteiger partial charge in [-0.25, -0.2) is 0 Å². The van der Waals surface area contributed by atoms with Gasteiger partial charge in [0.15, 0.2) is 0 Å². The van der Waals surface area contributed by atoms with E-state index in [4.69, 9.17) is 0 Å². The molecule has 2 heterocycles. The molecule has 0 radical (unpaired) electrons. The zero-order valence-corrected chi connectivity index (χ0v) is 17.3. The molecule has 0 unspecified atom stereocenters. The van der Waals surface area contributed by atoms with E-state index in [0.717, 1.165) is 16.5 Å². The maximum absolute atomic E-state index is 12.9. The highest BCUT2D eigenvalue weighted by Crippen LogP contribution is 2.44. The molecule has 2 amide bonds. The van der Waals surface area contributed by atoms with Crippen molar-refractivity contribution in [3.8, 4) is 0 Å². The highest BCUT2D eigenvalue weighted by molar-refractivity contribution is 5.90. The molecule has 1 aromatic heterocycles. The highest BCUT2D eigenvalue weighted by Gasteiger charge is 2.42. The van der Waals surface area contributed by atoms with E-state index in [2.05, 4.69) is 28.2 Å². The van der Waals surface area contributed by atoms with Crippen molar-refractivity contribution in [2.75, 3.05) is 13.1 Å². The average Bonchev–Trinajstić information content (AvgIpc) is 2.90. The van der Waals surface area contributed by atoms with Crippen molar-refractivity contribution in [1.29, 1.82) is 0 Å². The molecule has 1 N–H and O–H groups in total. The summed E-state index contributed by atoms with van der Waals surface area (Å²) in [6, 6.07) is 8.34. The van der Waals surface area contributed by atoms with Gasteiger partial charge in [-0.15, -0.1) is 0 Å². The lowest BCUT2D eigenvalue weighted by molar-refractivity contribution is -0.140. The fraction of sp³-hybridized carbons (Fsp3) is 0.583. The Labute approximate surface area is 172 Å². The van der Waals surface area contributed by atoms with Gasteiger partial charge in [0, 0.05) is 43.2 Å². The van der Waals surface area contributed by atoms with Gasteiger partial charge >= 0.3 is 0 Å². The van der Waals surface area contributed by atoms with Crippen molar-refractivity contribution >= 4 is 22.7 Å². The molecule has 1 saturated heterocycles. The average molecular weight is 394 g/mol. The van der Waals surface area contributed by atoms with Crippen LogP contribution in [-0.2, 0) is 23.1 Å². The Bertz CT molecular complexity index is 905. The minimum Gasteiger partial charge on any atom is -0.350 e. The largest absolute Gasteiger partial charge is 0.350 e. The zero-order valence-electron chi connectivity index (χ0n) is 17.3. The number of hydrogen-bond acceptors (Lipinski definition) is 2. The molecule has 0 atom stereocenters. The van der Waals surface area contributed by atoms with Gasteiger partial charge < -0.3 is 14.8 Å². The van der Waals surface area contributed by atoms with Crippen LogP contribution in [0.2, 0.25) is 0 Å². The topological polar surface area (TPSA) is 54.3 Å². The Morgan fingerprint density at radius 2 is 1.72 bits per heavy atom. The third kappa shape index (κ3) is 3.45. The first-order valence-electron chi connectivity index (χ1n) is 11.2. The highest BCUT2D eigenvalue weighted by atomic mass is 16.2. The molecule has 1 aromatic carbocycles. The summed E-state index contributed by atoms with van der Waals surface area (Å²) in [6.07, 6.45) is 9.91. The zero-order chi connectivity index (χ0) is 20.0. The maximum atomic E-state index is 12.9. The predicted molar refractivity (Wildman–Crippen MR) is 113 cm³/mol. The van der Waals surface area contributed by atoms with Gasteiger partial charge in [0.25, 0.3) is 0 Å². The number of carbonyl (C=O) groups is 2. The third-order valence-corrected chi connectivity index (χ3v) is 7.52. The Kier molecular flexibility index (Phi) is 4.84. The van der Waals surface area contributed by atoms with Crippen molar-refractivity contribution in [1.82, 2.24) is 14.8 Å². The number of nitrogens with zero attached hydrogens (tertiary/aromatic N) is 2. The molecule has 0 bridgehead atoms. The van der Waals surface area contributed by atoms with E-state index in [-0.39, 0.29) is 23.8 Å². The van der Waals surface area contributed by atoms with E-state index in [1.807, 2.05) is 24.1 Å². The van der Waals surface area contributed by atoms with Crippen LogP contribution in [0, 0.1) is 17.8 Å². The van der Waals surface area contributed by atoms with E-state index in [1.165, 1.54) is 38.5 Å². The summed E-state index contributed by atoms with van der Waals surface area (Å²) < 4.78 is 2.08. The number of benzene rings is 1. The fourth-order valence-electron chi connectivity index (χ4n) is 5.32. The summed E-state index contributed by atoms with van der Waals surface area (Å²) in [5, 5.41) is 4.41. The van der Waals surface area contributed by atoms with Crippen molar-refractivity contribution in [2.45, 2.75) is 51.0 Å². The fourth-order valence-corrected chi connectivity index (χ4v) is 5.32. The Balaban J connectivity index is 1.15. The van der Waals surface area contributed by atoms with Gasteiger partial charge in [-0.2, -0.15) is 0 Å². The number of hydrogen-bond donors (Lipinski definition) is 1. The van der Waals surface area contributed by atoms with Crippen LogP contribution in [0.4, 0.5) is 0 Å². The summed E-state index contributed by atoms with van der Waals surface area (Å²) in [4.78, 5) is 27.5. The van der Waals surface area contributed by atoms with Gasteiger partial charge in [0.2, 0.25) is 11.8 Å². The SMILES string of the molecule is Cn1cc(CC(=O)N2CC(NC(=O)C(C3CCC3)C3CCC3)C2)c2ccccc21. The lowest BCUT2D eigenvalue weighted by Gasteiger charge is -2.44. The predicted octanol–water partition coefficient (Wildman–Crippen LogP) is 3.26. The summed E-state index contributed by atoms with van der Waals surface area (Å²) in [7, 11) is 2.02. The van der Waals surface area contributed by atoms with E-state index >= 15 is 0 Å². The summed E-state index contributed by atoms with van der Waals surface area (Å²) in [5.74, 6) is 1.83. The molecule has 2 aromatic rings. The minimum absolute atomic E-state index is 0.127. The number of rotatable bonds is 6. The monoisotopic (exact) mass is 393 g/mol. The molecule has 5 heteroatoms. The molecule has 29 heavy (non-hydrogen) atoms. The van der Waals surface area contributed by atoms with E-state index in [1.54, 1.807) is 0 Å². The Hall–Kier alpha value is -2.30. The molecule has 2 aliphatic carbocycles. The van der Waals surface area contributed by atoms with Crippen LogP contribution in [0.3, 0.4) is 0 Å². The molecular formula is C24H31N3O2. The second-order valence-electron chi connectivity index (χ2n) is 9.37. The second kappa shape index (κ2) is 7.51. The third-order valence-electron chi connectivity index (χ3n) is 7.52. The number of carbonyl (C=O) groups excluding carboxylic acids is 2. The number of para-hydroxylation sites is 1.